The molecule has 2 fully saturated rings. The van der Waals surface area contributed by atoms with Crippen molar-refractivity contribution >= 4 is 5.78 Å². The van der Waals surface area contributed by atoms with Gasteiger partial charge >= 0.3 is 0 Å². The summed E-state index contributed by atoms with van der Waals surface area (Å²) in [5.41, 5.74) is 0.353. The van der Waals surface area contributed by atoms with Gasteiger partial charge < -0.3 is 4.90 Å². The summed E-state index contributed by atoms with van der Waals surface area (Å²) >= 11 is 0. The van der Waals surface area contributed by atoms with Gasteiger partial charge in [0.25, 0.3) is 0 Å². The number of hydrogen-bond acceptors (Lipinski definition) is 2. The van der Waals surface area contributed by atoms with E-state index in [1.807, 2.05) is 0 Å². The van der Waals surface area contributed by atoms with E-state index in [4.69, 9.17) is 0 Å². The van der Waals surface area contributed by atoms with Crippen LogP contribution in [0.4, 0.5) is 0 Å². The maximum Gasteiger partial charge on any atom is 0.137 e. The first-order chi connectivity index (χ1) is 9.36. The van der Waals surface area contributed by atoms with Crippen LogP contribution < -0.4 is 0 Å². The lowest BCUT2D eigenvalue weighted by Gasteiger charge is -2.38. The quantitative estimate of drug-likeness (QED) is 0.757. The lowest BCUT2D eigenvalue weighted by molar-refractivity contribution is -0.127. The predicted octanol–water partition coefficient (Wildman–Crippen LogP) is 4.14. The Kier molecular flexibility index (Phi) is 5.28. The summed E-state index contributed by atoms with van der Waals surface area (Å²) in [6.07, 6.45) is 7.02. The second-order valence-electron chi connectivity index (χ2n) is 8.34. The molecule has 1 aliphatic carbocycles. The summed E-state index contributed by atoms with van der Waals surface area (Å²) in [6, 6.07) is 0. The van der Waals surface area contributed by atoms with E-state index in [2.05, 4.69) is 32.6 Å². The molecule has 116 valence electrons. The highest BCUT2D eigenvalue weighted by atomic mass is 16.1. The van der Waals surface area contributed by atoms with Crippen molar-refractivity contribution in [1.29, 1.82) is 0 Å². The minimum atomic E-state index is 0.307. The van der Waals surface area contributed by atoms with Gasteiger partial charge in [0, 0.05) is 18.9 Å². The normalized spacial score (nSPS) is 34.0. The fourth-order valence-electron chi connectivity index (χ4n) is 3.89. The summed E-state index contributed by atoms with van der Waals surface area (Å²) in [4.78, 5) is 14.8. The summed E-state index contributed by atoms with van der Waals surface area (Å²) in [6.45, 7) is 12.8. The fraction of sp³-hybridized carbons (Fsp3) is 0.944. The summed E-state index contributed by atoms with van der Waals surface area (Å²) in [7, 11) is 0. The molecule has 2 heteroatoms. The zero-order valence-corrected chi connectivity index (χ0v) is 14.0. The van der Waals surface area contributed by atoms with Crippen LogP contribution in [0.2, 0.25) is 0 Å². The topological polar surface area (TPSA) is 20.3 Å². The van der Waals surface area contributed by atoms with E-state index in [0.717, 1.165) is 37.6 Å². The van der Waals surface area contributed by atoms with E-state index < -0.39 is 0 Å². The average molecular weight is 279 g/mol. The van der Waals surface area contributed by atoms with Crippen LogP contribution >= 0.6 is 0 Å². The summed E-state index contributed by atoms with van der Waals surface area (Å²) in [5, 5.41) is 0. The Hall–Kier alpha value is -0.370. The van der Waals surface area contributed by atoms with Gasteiger partial charge in [-0.2, -0.15) is 0 Å². The lowest BCUT2D eigenvalue weighted by Crippen LogP contribution is -2.39. The van der Waals surface area contributed by atoms with Gasteiger partial charge in [0.15, 0.2) is 0 Å². The number of carbonyl (C=O) groups is 1. The molecule has 0 spiro atoms. The third-order valence-corrected chi connectivity index (χ3v) is 5.58. The second-order valence-corrected chi connectivity index (χ2v) is 8.34. The van der Waals surface area contributed by atoms with Crippen molar-refractivity contribution in [3.05, 3.63) is 0 Å². The molecule has 0 aromatic rings. The van der Waals surface area contributed by atoms with Gasteiger partial charge in [0.05, 0.1) is 0 Å². The average Bonchev–Trinajstić information content (AvgIpc) is 2.56. The van der Waals surface area contributed by atoms with Gasteiger partial charge in [-0.15, -0.1) is 0 Å². The van der Waals surface area contributed by atoms with E-state index in [0.29, 0.717) is 17.1 Å². The molecule has 0 N–H and O–H groups in total. The van der Waals surface area contributed by atoms with Crippen LogP contribution in [0.15, 0.2) is 0 Å². The van der Waals surface area contributed by atoms with Gasteiger partial charge in [-0.3, -0.25) is 4.79 Å². The highest BCUT2D eigenvalue weighted by Gasteiger charge is 2.35. The van der Waals surface area contributed by atoms with Gasteiger partial charge in [-0.25, -0.2) is 0 Å². The van der Waals surface area contributed by atoms with Crippen LogP contribution in [0.3, 0.4) is 0 Å². The van der Waals surface area contributed by atoms with Crippen LogP contribution in [0.25, 0.3) is 0 Å². The van der Waals surface area contributed by atoms with Crippen molar-refractivity contribution in [3.8, 4) is 0 Å². The maximum atomic E-state index is 12.3. The Morgan fingerprint density at radius 1 is 1.15 bits per heavy atom. The van der Waals surface area contributed by atoms with Crippen LogP contribution in [0.5, 0.6) is 0 Å². The number of ketones is 1. The standard InChI is InChI=1S/C18H33NO/c1-14-6-5-10-19(11-9-14)13-15-12-16(18(2,3)4)7-8-17(15)20/h14-16H,5-13H2,1-4H3. The minimum Gasteiger partial charge on any atom is -0.303 e. The van der Waals surface area contributed by atoms with Crippen molar-refractivity contribution in [1.82, 2.24) is 4.90 Å². The Balaban J connectivity index is 1.91. The Labute approximate surface area is 125 Å². The smallest absolute Gasteiger partial charge is 0.137 e. The first kappa shape index (κ1) is 16.0. The molecule has 2 aliphatic rings. The molecular formula is C18H33NO. The number of Topliss-reactive ketones (excluding diaryl/α,β-unsaturated/α-hetero) is 1. The third kappa shape index (κ3) is 4.31. The molecule has 1 heterocycles. The first-order valence-electron chi connectivity index (χ1n) is 8.61. The van der Waals surface area contributed by atoms with Crippen molar-refractivity contribution < 1.29 is 4.79 Å². The highest BCUT2D eigenvalue weighted by Crippen LogP contribution is 2.39. The first-order valence-corrected chi connectivity index (χ1v) is 8.61. The molecule has 3 atom stereocenters. The Bertz CT molecular complexity index is 331. The van der Waals surface area contributed by atoms with Crippen LogP contribution in [0.1, 0.15) is 66.2 Å². The van der Waals surface area contributed by atoms with E-state index >= 15 is 0 Å². The molecular weight excluding hydrogens is 246 g/mol. The zero-order valence-electron chi connectivity index (χ0n) is 14.0. The predicted molar refractivity (Wildman–Crippen MR) is 84.7 cm³/mol. The van der Waals surface area contributed by atoms with E-state index in [9.17, 15) is 4.79 Å². The maximum absolute atomic E-state index is 12.3. The number of nitrogens with zero attached hydrogens (tertiary/aromatic N) is 1. The van der Waals surface area contributed by atoms with Crippen molar-refractivity contribution in [3.63, 3.8) is 0 Å². The molecule has 2 nitrogen and oxygen atoms in total. The largest absolute Gasteiger partial charge is 0.303 e. The zero-order chi connectivity index (χ0) is 14.8. The molecule has 0 amide bonds. The molecule has 1 saturated heterocycles. The van der Waals surface area contributed by atoms with Gasteiger partial charge in [0.1, 0.15) is 5.78 Å². The van der Waals surface area contributed by atoms with Crippen molar-refractivity contribution in [2.75, 3.05) is 19.6 Å². The van der Waals surface area contributed by atoms with Gasteiger partial charge in [0.2, 0.25) is 0 Å². The summed E-state index contributed by atoms with van der Waals surface area (Å²) < 4.78 is 0. The van der Waals surface area contributed by atoms with Gasteiger partial charge in [-0.05, 0) is 62.4 Å². The molecule has 2 rings (SSSR count). The Morgan fingerprint density at radius 3 is 2.60 bits per heavy atom. The number of likely N-dealkylation sites (tertiary alicyclic amines) is 1. The molecule has 0 aromatic heterocycles. The fourth-order valence-corrected chi connectivity index (χ4v) is 3.89. The molecule has 0 bridgehead atoms. The second kappa shape index (κ2) is 6.60. The SMILES string of the molecule is CC1CCCN(CC2CC(C(C)(C)C)CCC2=O)CC1. The molecule has 1 aliphatic heterocycles. The Morgan fingerprint density at radius 2 is 1.90 bits per heavy atom. The van der Waals surface area contributed by atoms with E-state index in [-0.39, 0.29) is 0 Å². The molecule has 1 saturated carbocycles. The monoisotopic (exact) mass is 279 g/mol. The number of rotatable bonds is 2. The van der Waals surface area contributed by atoms with E-state index in [1.54, 1.807) is 0 Å². The summed E-state index contributed by atoms with van der Waals surface area (Å²) in [5.74, 6) is 2.42. The number of hydrogen-bond donors (Lipinski definition) is 0. The van der Waals surface area contributed by atoms with Crippen LogP contribution in [0, 0.1) is 23.2 Å². The van der Waals surface area contributed by atoms with Crippen LogP contribution in [-0.4, -0.2) is 30.3 Å². The lowest BCUT2D eigenvalue weighted by atomic mass is 9.68. The highest BCUT2D eigenvalue weighted by molar-refractivity contribution is 5.82. The molecule has 0 radical (unpaired) electrons. The molecule has 3 unspecified atom stereocenters. The third-order valence-electron chi connectivity index (χ3n) is 5.58. The minimum absolute atomic E-state index is 0.307. The molecule has 0 aromatic carbocycles. The van der Waals surface area contributed by atoms with E-state index in [1.165, 1.54) is 32.4 Å². The molecule has 20 heavy (non-hydrogen) atoms. The van der Waals surface area contributed by atoms with Crippen molar-refractivity contribution in [2.45, 2.75) is 66.2 Å². The van der Waals surface area contributed by atoms with Crippen molar-refractivity contribution in [2.24, 2.45) is 23.2 Å². The van der Waals surface area contributed by atoms with Gasteiger partial charge in [-0.1, -0.05) is 27.7 Å². The number of carbonyl (C=O) groups excluding carboxylic acids is 1. The van der Waals surface area contributed by atoms with Crippen LogP contribution in [-0.2, 0) is 4.79 Å².